The van der Waals surface area contributed by atoms with Gasteiger partial charge >= 0.3 is 0 Å². The number of hydrogen-bond acceptors (Lipinski definition) is 3. The van der Waals surface area contributed by atoms with Crippen LogP contribution in [-0.2, 0) is 0 Å². The number of rotatable bonds is 2. The average molecular weight is 217 g/mol. The van der Waals surface area contributed by atoms with Crippen molar-refractivity contribution in [3.05, 3.63) is 29.8 Å². The Morgan fingerprint density at radius 1 is 1.38 bits per heavy atom. The predicted molar refractivity (Wildman–Crippen MR) is 68.8 cm³/mol. The summed E-state index contributed by atoms with van der Waals surface area (Å²) in [6, 6.07) is 8.43. The normalized spacial score (nSPS) is 24.7. The summed E-state index contributed by atoms with van der Waals surface area (Å²) in [5, 5.41) is 0. The van der Waals surface area contributed by atoms with Crippen LogP contribution in [0.5, 0.6) is 0 Å². The molecular weight excluding hydrogens is 198 g/mol. The SMILES string of the molecule is CCC1(C)CN=C(N)N1c1ccc(C)cc1. The van der Waals surface area contributed by atoms with Crippen molar-refractivity contribution in [2.24, 2.45) is 10.7 Å². The Morgan fingerprint density at radius 2 is 2.00 bits per heavy atom. The van der Waals surface area contributed by atoms with Crippen molar-refractivity contribution < 1.29 is 0 Å². The summed E-state index contributed by atoms with van der Waals surface area (Å²) in [7, 11) is 0. The minimum atomic E-state index is 0.0271. The quantitative estimate of drug-likeness (QED) is 0.826. The second-order valence-corrected chi connectivity index (χ2v) is 4.70. The van der Waals surface area contributed by atoms with Crippen LogP contribution in [0.15, 0.2) is 29.3 Å². The van der Waals surface area contributed by atoms with Crippen molar-refractivity contribution in [2.75, 3.05) is 11.4 Å². The van der Waals surface area contributed by atoms with Gasteiger partial charge in [0.15, 0.2) is 5.96 Å². The highest BCUT2D eigenvalue weighted by Crippen LogP contribution is 2.30. The van der Waals surface area contributed by atoms with Gasteiger partial charge in [-0.2, -0.15) is 0 Å². The van der Waals surface area contributed by atoms with Crippen LogP contribution in [0.4, 0.5) is 5.69 Å². The summed E-state index contributed by atoms with van der Waals surface area (Å²) in [6.07, 6.45) is 1.03. The van der Waals surface area contributed by atoms with Gasteiger partial charge in [0, 0.05) is 5.69 Å². The first kappa shape index (κ1) is 11.0. The maximum absolute atomic E-state index is 5.98. The van der Waals surface area contributed by atoms with Crippen LogP contribution in [0.2, 0.25) is 0 Å². The van der Waals surface area contributed by atoms with E-state index in [1.807, 2.05) is 0 Å². The van der Waals surface area contributed by atoms with Gasteiger partial charge in [0.2, 0.25) is 0 Å². The number of nitrogens with two attached hydrogens (primary N) is 1. The monoisotopic (exact) mass is 217 g/mol. The summed E-state index contributed by atoms with van der Waals surface area (Å²) >= 11 is 0. The number of anilines is 1. The van der Waals surface area contributed by atoms with E-state index in [2.05, 4.69) is 54.9 Å². The van der Waals surface area contributed by atoms with Crippen LogP contribution in [0.3, 0.4) is 0 Å². The Bertz CT molecular complexity index is 408. The van der Waals surface area contributed by atoms with E-state index in [1.54, 1.807) is 0 Å². The summed E-state index contributed by atoms with van der Waals surface area (Å²) in [5.74, 6) is 0.633. The highest BCUT2D eigenvalue weighted by atomic mass is 15.4. The smallest absolute Gasteiger partial charge is 0.196 e. The molecule has 3 heteroatoms. The first-order chi connectivity index (χ1) is 7.57. The van der Waals surface area contributed by atoms with E-state index in [9.17, 15) is 0 Å². The second-order valence-electron chi connectivity index (χ2n) is 4.70. The fourth-order valence-electron chi connectivity index (χ4n) is 2.08. The van der Waals surface area contributed by atoms with E-state index < -0.39 is 0 Å². The van der Waals surface area contributed by atoms with Crippen LogP contribution in [0, 0.1) is 6.92 Å². The number of benzene rings is 1. The number of nitrogens with zero attached hydrogens (tertiary/aromatic N) is 2. The lowest BCUT2D eigenvalue weighted by Crippen LogP contribution is -2.49. The van der Waals surface area contributed by atoms with Gasteiger partial charge in [-0.1, -0.05) is 24.6 Å². The van der Waals surface area contributed by atoms with Crippen LogP contribution in [0.25, 0.3) is 0 Å². The highest BCUT2D eigenvalue weighted by molar-refractivity contribution is 5.98. The van der Waals surface area contributed by atoms with Crippen LogP contribution >= 0.6 is 0 Å². The molecule has 2 rings (SSSR count). The van der Waals surface area contributed by atoms with E-state index in [1.165, 1.54) is 5.56 Å². The highest BCUT2D eigenvalue weighted by Gasteiger charge is 2.37. The van der Waals surface area contributed by atoms with E-state index in [4.69, 9.17) is 5.73 Å². The standard InChI is InChI=1S/C13H19N3/c1-4-13(3)9-15-12(14)16(13)11-7-5-10(2)6-8-11/h5-8H,4,9H2,1-3H3,(H2,14,15). The van der Waals surface area contributed by atoms with Gasteiger partial charge in [-0.05, 0) is 32.4 Å². The summed E-state index contributed by atoms with van der Waals surface area (Å²) in [6.45, 7) is 7.25. The molecule has 0 aromatic heterocycles. The molecule has 0 amide bonds. The number of aryl methyl sites for hydroxylation is 1. The van der Waals surface area contributed by atoms with E-state index in [0.29, 0.717) is 5.96 Å². The molecule has 1 aromatic rings. The molecule has 0 bridgehead atoms. The Hall–Kier alpha value is -1.51. The zero-order valence-electron chi connectivity index (χ0n) is 10.2. The molecule has 86 valence electrons. The Labute approximate surface area is 97.0 Å². The molecule has 1 heterocycles. The minimum Gasteiger partial charge on any atom is -0.369 e. The predicted octanol–water partition coefficient (Wildman–Crippen LogP) is 2.30. The number of hydrogen-bond donors (Lipinski definition) is 1. The fourth-order valence-corrected chi connectivity index (χ4v) is 2.08. The molecule has 0 radical (unpaired) electrons. The van der Waals surface area contributed by atoms with Crippen molar-refractivity contribution in [1.82, 2.24) is 0 Å². The third-order valence-corrected chi connectivity index (χ3v) is 3.40. The molecule has 0 spiro atoms. The summed E-state index contributed by atoms with van der Waals surface area (Å²) in [5.41, 5.74) is 8.40. The Balaban J connectivity index is 2.38. The van der Waals surface area contributed by atoms with E-state index in [0.717, 1.165) is 18.7 Å². The fraction of sp³-hybridized carbons (Fsp3) is 0.462. The maximum atomic E-state index is 5.98. The largest absolute Gasteiger partial charge is 0.369 e. The third-order valence-electron chi connectivity index (χ3n) is 3.40. The zero-order chi connectivity index (χ0) is 11.8. The van der Waals surface area contributed by atoms with Crippen LogP contribution < -0.4 is 10.6 Å². The molecule has 1 aliphatic heterocycles. The first-order valence-corrected chi connectivity index (χ1v) is 5.73. The Kier molecular flexibility index (Phi) is 2.62. The van der Waals surface area contributed by atoms with E-state index >= 15 is 0 Å². The maximum Gasteiger partial charge on any atom is 0.196 e. The molecule has 0 fully saturated rings. The Morgan fingerprint density at radius 3 is 2.56 bits per heavy atom. The zero-order valence-corrected chi connectivity index (χ0v) is 10.2. The van der Waals surface area contributed by atoms with Gasteiger partial charge in [-0.3, -0.25) is 4.99 Å². The number of aliphatic imine (C=N–C) groups is 1. The minimum absolute atomic E-state index is 0.0271. The van der Waals surface area contributed by atoms with Crippen molar-refractivity contribution >= 4 is 11.6 Å². The van der Waals surface area contributed by atoms with Gasteiger partial charge in [0.1, 0.15) is 0 Å². The molecule has 0 saturated heterocycles. The molecule has 1 atom stereocenters. The summed E-state index contributed by atoms with van der Waals surface area (Å²) in [4.78, 5) is 6.51. The van der Waals surface area contributed by atoms with Crippen molar-refractivity contribution in [2.45, 2.75) is 32.7 Å². The van der Waals surface area contributed by atoms with Crippen LogP contribution in [-0.4, -0.2) is 18.0 Å². The number of guanidine groups is 1. The lowest BCUT2D eigenvalue weighted by Gasteiger charge is -2.35. The molecule has 3 nitrogen and oxygen atoms in total. The van der Waals surface area contributed by atoms with Gasteiger partial charge in [-0.25, -0.2) is 0 Å². The summed E-state index contributed by atoms with van der Waals surface area (Å²) < 4.78 is 0. The molecule has 0 aliphatic carbocycles. The topological polar surface area (TPSA) is 41.6 Å². The average Bonchev–Trinajstić information content (AvgIpc) is 2.58. The molecule has 2 N–H and O–H groups in total. The lowest BCUT2D eigenvalue weighted by molar-refractivity contribution is 0.486. The van der Waals surface area contributed by atoms with Crippen molar-refractivity contribution in [1.29, 1.82) is 0 Å². The van der Waals surface area contributed by atoms with Gasteiger partial charge in [0.25, 0.3) is 0 Å². The van der Waals surface area contributed by atoms with Crippen molar-refractivity contribution in [3.63, 3.8) is 0 Å². The van der Waals surface area contributed by atoms with Crippen molar-refractivity contribution in [3.8, 4) is 0 Å². The molecule has 1 unspecified atom stereocenters. The molecule has 1 aromatic carbocycles. The third kappa shape index (κ3) is 1.66. The molecular formula is C13H19N3. The molecule has 0 saturated carbocycles. The first-order valence-electron chi connectivity index (χ1n) is 5.73. The van der Waals surface area contributed by atoms with Gasteiger partial charge in [0.05, 0.1) is 12.1 Å². The molecule has 16 heavy (non-hydrogen) atoms. The van der Waals surface area contributed by atoms with Gasteiger partial charge < -0.3 is 10.6 Å². The second kappa shape index (κ2) is 3.81. The lowest BCUT2D eigenvalue weighted by atomic mass is 9.97. The van der Waals surface area contributed by atoms with Crippen LogP contribution in [0.1, 0.15) is 25.8 Å². The molecule has 1 aliphatic rings. The van der Waals surface area contributed by atoms with Gasteiger partial charge in [-0.15, -0.1) is 0 Å². The van der Waals surface area contributed by atoms with E-state index in [-0.39, 0.29) is 5.54 Å².